The lowest BCUT2D eigenvalue weighted by Crippen LogP contribution is -2.59. The predicted octanol–water partition coefficient (Wildman–Crippen LogP) is 7.84. The van der Waals surface area contributed by atoms with E-state index in [1.54, 1.807) is 0 Å². The minimum Gasteiger partial charge on any atom is -0.326 e. The van der Waals surface area contributed by atoms with Crippen molar-refractivity contribution in [3.63, 3.8) is 0 Å². The zero-order valence-corrected chi connectivity index (χ0v) is 22.8. The normalized spacial score (nSPS) is 36.8. The molecule has 4 atom stereocenters. The molecule has 2 aliphatic carbocycles. The average Bonchev–Trinajstić information content (AvgIpc) is 2.64. The summed E-state index contributed by atoms with van der Waals surface area (Å²) in [4.78, 5) is 0. The van der Waals surface area contributed by atoms with Crippen molar-refractivity contribution >= 4 is 31.9 Å². The van der Waals surface area contributed by atoms with Crippen molar-refractivity contribution < 1.29 is 0 Å². The van der Waals surface area contributed by atoms with Crippen molar-refractivity contribution in [1.82, 2.24) is 0 Å². The molecule has 0 aliphatic heterocycles. The van der Waals surface area contributed by atoms with Gasteiger partial charge in [-0.1, -0.05) is 85.2 Å². The van der Waals surface area contributed by atoms with E-state index in [1.807, 2.05) is 0 Å². The van der Waals surface area contributed by atoms with Crippen LogP contribution in [0, 0.1) is 10.8 Å². The van der Waals surface area contributed by atoms with Crippen LogP contribution in [0.15, 0.2) is 0 Å². The molecule has 4 N–H and O–H groups in total. The van der Waals surface area contributed by atoms with E-state index in [-0.39, 0.29) is 20.7 Å². The Morgan fingerprint density at radius 2 is 0.931 bits per heavy atom. The average molecular weight is 536 g/mol. The molecule has 2 aliphatic rings. The van der Waals surface area contributed by atoms with Crippen LogP contribution in [-0.2, 0) is 0 Å². The third-order valence-electron chi connectivity index (χ3n) is 8.49. The fraction of sp³-hybridized carbons (Fsp3) is 1.00. The minimum atomic E-state index is 0.0224. The predicted molar refractivity (Wildman–Crippen MR) is 136 cm³/mol. The van der Waals surface area contributed by atoms with E-state index < -0.39 is 0 Å². The van der Waals surface area contributed by atoms with Crippen molar-refractivity contribution in [1.29, 1.82) is 0 Å². The van der Waals surface area contributed by atoms with Gasteiger partial charge in [-0.2, -0.15) is 0 Å². The molecule has 0 bridgehead atoms. The molecule has 0 heterocycles. The molecule has 4 unspecified atom stereocenters. The molecule has 172 valence electrons. The topological polar surface area (TPSA) is 52.0 Å². The molecular formula is C25H48Br2N2. The quantitative estimate of drug-likeness (QED) is 0.280. The van der Waals surface area contributed by atoms with Gasteiger partial charge >= 0.3 is 0 Å². The second-order valence-corrected chi connectivity index (χ2v) is 14.0. The van der Waals surface area contributed by atoms with Gasteiger partial charge in [-0.3, -0.25) is 0 Å². The highest BCUT2D eigenvalue weighted by atomic mass is 79.9. The minimum absolute atomic E-state index is 0.0224. The lowest BCUT2D eigenvalue weighted by molar-refractivity contribution is 0.0857. The van der Waals surface area contributed by atoms with E-state index in [2.05, 4.69) is 59.6 Å². The van der Waals surface area contributed by atoms with Gasteiger partial charge in [-0.05, 0) is 81.5 Å². The summed E-state index contributed by atoms with van der Waals surface area (Å²) in [5, 5.41) is 0. The van der Waals surface area contributed by atoms with Crippen molar-refractivity contribution in [2.45, 2.75) is 145 Å². The fourth-order valence-electron chi connectivity index (χ4n) is 7.03. The summed E-state index contributed by atoms with van der Waals surface area (Å²) >= 11 is 8.39. The third kappa shape index (κ3) is 6.02. The summed E-state index contributed by atoms with van der Waals surface area (Å²) < 4.78 is 0.0449. The molecule has 0 spiro atoms. The van der Waals surface area contributed by atoms with Crippen LogP contribution in [0.1, 0.15) is 124 Å². The summed E-state index contributed by atoms with van der Waals surface area (Å²) in [5.41, 5.74) is 14.8. The zero-order chi connectivity index (χ0) is 21.8. The van der Waals surface area contributed by atoms with Gasteiger partial charge in [0.05, 0.1) is 0 Å². The Balaban J connectivity index is 2.10. The molecule has 0 amide bonds. The Morgan fingerprint density at radius 3 is 1.17 bits per heavy atom. The lowest BCUT2D eigenvalue weighted by atomic mass is 9.59. The third-order valence-corrected chi connectivity index (χ3v) is 11.0. The van der Waals surface area contributed by atoms with Crippen LogP contribution in [0.3, 0.4) is 0 Å². The van der Waals surface area contributed by atoms with Gasteiger partial charge in [-0.15, -0.1) is 0 Å². The van der Waals surface area contributed by atoms with Crippen LogP contribution in [0.25, 0.3) is 0 Å². The second kappa shape index (κ2) is 10.7. The maximum atomic E-state index is 6.91. The molecule has 0 saturated heterocycles. The summed E-state index contributed by atoms with van der Waals surface area (Å²) in [6, 6.07) is 0.433. The molecule has 2 saturated carbocycles. The fourth-order valence-corrected chi connectivity index (χ4v) is 9.12. The number of halogens is 2. The maximum absolute atomic E-state index is 6.91. The molecular weight excluding hydrogens is 488 g/mol. The Kier molecular flexibility index (Phi) is 9.61. The maximum Gasteiger partial charge on any atom is 0.0422 e. The molecule has 2 nitrogen and oxygen atoms in total. The summed E-state index contributed by atoms with van der Waals surface area (Å²) in [5.74, 6) is 0. The number of hydrogen-bond acceptors (Lipinski definition) is 2. The Labute approximate surface area is 198 Å². The van der Waals surface area contributed by atoms with Crippen LogP contribution in [0.5, 0.6) is 0 Å². The van der Waals surface area contributed by atoms with Crippen molar-refractivity contribution in [3.05, 3.63) is 0 Å². The van der Waals surface area contributed by atoms with Gasteiger partial charge in [0.15, 0.2) is 0 Å². The van der Waals surface area contributed by atoms with Crippen LogP contribution in [-0.4, -0.2) is 20.7 Å². The van der Waals surface area contributed by atoms with Crippen LogP contribution >= 0.6 is 31.9 Å². The molecule has 0 aromatic carbocycles. The Morgan fingerprint density at radius 1 is 0.621 bits per heavy atom. The van der Waals surface area contributed by atoms with Gasteiger partial charge in [0.1, 0.15) is 0 Å². The van der Waals surface area contributed by atoms with Crippen LogP contribution in [0.2, 0.25) is 0 Å². The highest BCUT2D eigenvalue weighted by molar-refractivity contribution is 9.10. The first-order chi connectivity index (χ1) is 13.6. The van der Waals surface area contributed by atoms with Crippen molar-refractivity contribution in [3.8, 4) is 0 Å². The Hall–Kier alpha value is 0.880. The molecule has 4 heteroatoms. The number of alkyl halides is 2. The van der Waals surface area contributed by atoms with Gasteiger partial charge in [-0.25, -0.2) is 0 Å². The van der Waals surface area contributed by atoms with Gasteiger partial charge in [0.2, 0.25) is 0 Å². The molecule has 29 heavy (non-hydrogen) atoms. The van der Waals surface area contributed by atoms with Crippen molar-refractivity contribution in [2.75, 3.05) is 0 Å². The molecule has 0 aromatic rings. The lowest BCUT2D eigenvalue weighted by Gasteiger charge is -2.54. The monoisotopic (exact) mass is 534 g/mol. The Bertz CT molecular complexity index is 455. The number of hydrogen-bond donors (Lipinski definition) is 2. The highest BCUT2D eigenvalue weighted by Gasteiger charge is 2.53. The first-order valence-corrected chi connectivity index (χ1v) is 14.1. The number of rotatable bonds is 10. The van der Waals surface area contributed by atoms with E-state index in [0.29, 0.717) is 10.8 Å². The summed E-state index contributed by atoms with van der Waals surface area (Å²) in [6.07, 6.45) is 18.7. The van der Waals surface area contributed by atoms with E-state index in [1.165, 1.54) is 77.0 Å². The largest absolute Gasteiger partial charge is 0.326 e. The van der Waals surface area contributed by atoms with E-state index in [9.17, 15) is 0 Å². The standard InChI is InChI=1S/C25H48Br2N2/c1-5-9-22(10-6-2)13-15-24(26,20(28)17-22)19-25(27)16-14-23(11-7-3,12-8-4)18-21(25)29/h20-21H,5-19,28-29H2,1-4H3. The zero-order valence-electron chi connectivity index (χ0n) is 19.7. The molecule has 0 radical (unpaired) electrons. The number of nitrogens with two attached hydrogens (primary N) is 2. The molecule has 2 rings (SSSR count). The van der Waals surface area contributed by atoms with E-state index in [0.717, 1.165) is 19.3 Å². The van der Waals surface area contributed by atoms with Gasteiger partial charge in [0, 0.05) is 20.7 Å². The summed E-state index contributed by atoms with van der Waals surface area (Å²) in [7, 11) is 0. The SMILES string of the molecule is CCCC1(CCC)CCC(Br)(CC2(Br)CCC(CCC)(CCC)CC2N)C(N)C1. The van der Waals surface area contributed by atoms with Crippen LogP contribution in [0.4, 0.5) is 0 Å². The molecule has 0 aromatic heterocycles. The van der Waals surface area contributed by atoms with E-state index >= 15 is 0 Å². The molecule has 2 fully saturated rings. The first-order valence-electron chi connectivity index (χ1n) is 12.5. The second-order valence-electron chi connectivity index (χ2n) is 10.9. The smallest absolute Gasteiger partial charge is 0.0422 e. The summed E-state index contributed by atoms with van der Waals surface area (Å²) in [6.45, 7) is 9.30. The van der Waals surface area contributed by atoms with E-state index in [4.69, 9.17) is 11.5 Å². The van der Waals surface area contributed by atoms with Crippen LogP contribution < -0.4 is 11.5 Å². The van der Waals surface area contributed by atoms with Gasteiger partial charge in [0.25, 0.3) is 0 Å². The highest BCUT2D eigenvalue weighted by Crippen LogP contribution is 2.57. The first kappa shape index (κ1) is 26.1. The van der Waals surface area contributed by atoms with Gasteiger partial charge < -0.3 is 11.5 Å². The van der Waals surface area contributed by atoms with Crippen molar-refractivity contribution in [2.24, 2.45) is 22.3 Å².